The smallest absolute Gasteiger partial charge is 0.0101 e. The molecule has 0 atom stereocenters. The van der Waals surface area contributed by atoms with Gasteiger partial charge in [-0.2, -0.15) is 0 Å². The van der Waals surface area contributed by atoms with E-state index in [9.17, 15) is 0 Å². The van der Waals surface area contributed by atoms with E-state index in [0.717, 1.165) is 19.0 Å². The van der Waals surface area contributed by atoms with Gasteiger partial charge in [0.05, 0.1) is 0 Å². The SMILES string of the molecule is CN(C)CCNCCCC1CCCCC1. The number of likely N-dealkylation sites (N-methyl/N-ethyl adjacent to an activating group) is 1. The van der Waals surface area contributed by atoms with Gasteiger partial charge in [-0.3, -0.25) is 0 Å². The molecular formula is C13H28N2. The van der Waals surface area contributed by atoms with Crippen molar-refractivity contribution in [1.82, 2.24) is 10.2 Å². The highest BCUT2D eigenvalue weighted by Gasteiger charge is 2.12. The van der Waals surface area contributed by atoms with E-state index in [1.54, 1.807) is 0 Å². The Kier molecular flexibility index (Phi) is 7.03. The second-order valence-corrected chi connectivity index (χ2v) is 5.20. The maximum absolute atomic E-state index is 3.51. The Hall–Kier alpha value is -0.0800. The van der Waals surface area contributed by atoms with Gasteiger partial charge in [0.2, 0.25) is 0 Å². The standard InChI is InChI=1S/C13H28N2/c1-15(2)12-11-14-10-6-9-13-7-4-3-5-8-13/h13-14H,3-12H2,1-2H3. The van der Waals surface area contributed by atoms with Crippen LogP contribution in [0.2, 0.25) is 0 Å². The van der Waals surface area contributed by atoms with Gasteiger partial charge in [-0.15, -0.1) is 0 Å². The van der Waals surface area contributed by atoms with Crippen molar-refractivity contribution in [2.45, 2.75) is 44.9 Å². The zero-order chi connectivity index (χ0) is 10.9. The average Bonchev–Trinajstić information content (AvgIpc) is 2.24. The van der Waals surface area contributed by atoms with E-state index in [2.05, 4.69) is 24.3 Å². The minimum atomic E-state index is 1.05. The molecule has 0 amide bonds. The Morgan fingerprint density at radius 2 is 1.80 bits per heavy atom. The molecule has 1 N–H and O–H groups in total. The summed E-state index contributed by atoms with van der Waals surface area (Å²) in [6, 6.07) is 0. The molecule has 2 nitrogen and oxygen atoms in total. The maximum Gasteiger partial charge on any atom is 0.0101 e. The molecule has 1 aliphatic carbocycles. The third kappa shape index (κ3) is 6.91. The fraction of sp³-hybridized carbons (Fsp3) is 1.00. The maximum atomic E-state index is 3.51. The minimum absolute atomic E-state index is 1.05. The minimum Gasteiger partial charge on any atom is -0.315 e. The van der Waals surface area contributed by atoms with Crippen LogP contribution in [0.3, 0.4) is 0 Å². The quantitative estimate of drug-likeness (QED) is 0.652. The summed E-state index contributed by atoms with van der Waals surface area (Å²) in [6.45, 7) is 3.51. The van der Waals surface area contributed by atoms with Gasteiger partial charge < -0.3 is 10.2 Å². The fourth-order valence-electron chi connectivity index (χ4n) is 2.42. The topological polar surface area (TPSA) is 15.3 Å². The summed E-state index contributed by atoms with van der Waals surface area (Å²) in [4.78, 5) is 2.23. The van der Waals surface area contributed by atoms with Crippen molar-refractivity contribution < 1.29 is 0 Å². The molecule has 0 unspecified atom stereocenters. The van der Waals surface area contributed by atoms with E-state index < -0.39 is 0 Å². The van der Waals surface area contributed by atoms with Crippen LogP contribution in [0, 0.1) is 5.92 Å². The number of nitrogens with zero attached hydrogens (tertiary/aromatic N) is 1. The van der Waals surface area contributed by atoms with E-state index in [0.29, 0.717) is 0 Å². The molecule has 0 heterocycles. The van der Waals surface area contributed by atoms with E-state index in [-0.39, 0.29) is 0 Å². The Balaban J connectivity index is 1.83. The van der Waals surface area contributed by atoms with Gasteiger partial charge in [0.25, 0.3) is 0 Å². The normalized spacial score (nSPS) is 18.6. The lowest BCUT2D eigenvalue weighted by Crippen LogP contribution is -2.27. The number of hydrogen-bond donors (Lipinski definition) is 1. The van der Waals surface area contributed by atoms with E-state index in [1.165, 1.54) is 51.5 Å². The number of hydrogen-bond acceptors (Lipinski definition) is 2. The Morgan fingerprint density at radius 3 is 2.47 bits per heavy atom. The van der Waals surface area contributed by atoms with Gasteiger partial charge >= 0.3 is 0 Å². The molecule has 0 saturated heterocycles. The highest BCUT2D eigenvalue weighted by molar-refractivity contribution is 4.66. The second kappa shape index (κ2) is 8.12. The molecule has 0 aromatic carbocycles. The van der Waals surface area contributed by atoms with Gasteiger partial charge in [-0.05, 0) is 39.4 Å². The summed E-state index contributed by atoms with van der Waals surface area (Å²) < 4.78 is 0. The largest absolute Gasteiger partial charge is 0.315 e. The molecule has 0 aromatic rings. The first-order valence-corrected chi connectivity index (χ1v) is 6.64. The van der Waals surface area contributed by atoms with Crippen LogP contribution in [0.4, 0.5) is 0 Å². The van der Waals surface area contributed by atoms with Gasteiger partial charge in [0.15, 0.2) is 0 Å². The van der Waals surface area contributed by atoms with Gasteiger partial charge in [0.1, 0.15) is 0 Å². The molecule has 2 heteroatoms. The average molecular weight is 212 g/mol. The van der Waals surface area contributed by atoms with Crippen LogP contribution in [0.1, 0.15) is 44.9 Å². The van der Waals surface area contributed by atoms with E-state index >= 15 is 0 Å². The summed E-state index contributed by atoms with van der Waals surface area (Å²) in [5.74, 6) is 1.05. The molecule has 15 heavy (non-hydrogen) atoms. The Bertz CT molecular complexity index is 139. The molecular weight excluding hydrogens is 184 g/mol. The van der Waals surface area contributed by atoms with Gasteiger partial charge in [0, 0.05) is 13.1 Å². The van der Waals surface area contributed by atoms with Crippen LogP contribution in [0.15, 0.2) is 0 Å². The van der Waals surface area contributed by atoms with Crippen molar-refractivity contribution in [3.05, 3.63) is 0 Å². The lowest BCUT2D eigenvalue weighted by atomic mass is 9.86. The predicted octanol–water partition coefficient (Wildman–Crippen LogP) is 2.50. The highest BCUT2D eigenvalue weighted by atomic mass is 15.1. The monoisotopic (exact) mass is 212 g/mol. The molecule has 0 radical (unpaired) electrons. The lowest BCUT2D eigenvalue weighted by Gasteiger charge is -2.21. The number of nitrogens with one attached hydrogen (secondary N) is 1. The van der Waals surface area contributed by atoms with Crippen molar-refractivity contribution in [1.29, 1.82) is 0 Å². The lowest BCUT2D eigenvalue weighted by molar-refractivity contribution is 0.328. The second-order valence-electron chi connectivity index (χ2n) is 5.20. The van der Waals surface area contributed by atoms with E-state index in [4.69, 9.17) is 0 Å². The van der Waals surface area contributed by atoms with Crippen LogP contribution >= 0.6 is 0 Å². The highest BCUT2D eigenvalue weighted by Crippen LogP contribution is 2.26. The van der Waals surface area contributed by atoms with Gasteiger partial charge in [-0.1, -0.05) is 32.1 Å². The third-order valence-electron chi connectivity index (χ3n) is 3.43. The van der Waals surface area contributed by atoms with E-state index in [1.807, 2.05) is 0 Å². The van der Waals surface area contributed by atoms with Crippen molar-refractivity contribution in [2.75, 3.05) is 33.7 Å². The summed E-state index contributed by atoms with van der Waals surface area (Å²) in [5.41, 5.74) is 0. The Morgan fingerprint density at radius 1 is 1.07 bits per heavy atom. The summed E-state index contributed by atoms with van der Waals surface area (Å²) in [6.07, 6.45) is 10.3. The van der Waals surface area contributed by atoms with Crippen LogP contribution in [-0.4, -0.2) is 38.6 Å². The molecule has 1 fully saturated rings. The zero-order valence-electron chi connectivity index (χ0n) is 10.6. The van der Waals surface area contributed by atoms with Crippen LogP contribution in [0.25, 0.3) is 0 Å². The number of rotatable bonds is 7. The fourth-order valence-corrected chi connectivity index (χ4v) is 2.42. The summed E-state index contributed by atoms with van der Waals surface area (Å²) >= 11 is 0. The van der Waals surface area contributed by atoms with Crippen molar-refractivity contribution in [3.63, 3.8) is 0 Å². The molecule has 90 valence electrons. The first-order chi connectivity index (χ1) is 7.29. The summed E-state index contributed by atoms with van der Waals surface area (Å²) in [7, 11) is 4.26. The third-order valence-corrected chi connectivity index (χ3v) is 3.43. The van der Waals surface area contributed by atoms with Crippen molar-refractivity contribution >= 4 is 0 Å². The molecule has 0 aromatic heterocycles. The van der Waals surface area contributed by atoms with Gasteiger partial charge in [-0.25, -0.2) is 0 Å². The molecule has 0 aliphatic heterocycles. The summed E-state index contributed by atoms with van der Waals surface area (Å²) in [5, 5.41) is 3.51. The zero-order valence-corrected chi connectivity index (χ0v) is 10.6. The Labute approximate surface area is 95.4 Å². The first kappa shape index (κ1) is 13.0. The van der Waals surface area contributed by atoms with Crippen molar-refractivity contribution in [3.8, 4) is 0 Å². The molecule has 1 rings (SSSR count). The van der Waals surface area contributed by atoms with Crippen LogP contribution in [-0.2, 0) is 0 Å². The predicted molar refractivity (Wildman–Crippen MR) is 67.2 cm³/mol. The molecule has 1 aliphatic rings. The van der Waals surface area contributed by atoms with Crippen LogP contribution in [0.5, 0.6) is 0 Å². The van der Waals surface area contributed by atoms with Crippen LogP contribution < -0.4 is 5.32 Å². The molecule has 1 saturated carbocycles. The van der Waals surface area contributed by atoms with Crippen molar-refractivity contribution in [2.24, 2.45) is 5.92 Å². The first-order valence-electron chi connectivity index (χ1n) is 6.64. The molecule has 0 spiro atoms. The molecule has 0 bridgehead atoms.